The number of fused-ring (bicyclic) bond motifs is 1. The van der Waals surface area contributed by atoms with E-state index < -0.39 is 54.6 Å². The molecule has 25 heavy (non-hydrogen) atoms. The van der Waals surface area contributed by atoms with Crippen LogP contribution in [0, 0.1) is 0 Å². The average molecular weight is 352 g/mol. The third-order valence-electron chi connectivity index (χ3n) is 4.10. The molecule has 0 spiro atoms. The summed E-state index contributed by atoms with van der Waals surface area (Å²) in [6.07, 6.45) is -6.45. The Morgan fingerprint density at radius 3 is 2.44 bits per heavy atom. The van der Waals surface area contributed by atoms with Gasteiger partial charge in [-0.15, -0.1) is 0 Å². The van der Waals surface area contributed by atoms with E-state index in [0.29, 0.717) is 0 Å². The van der Waals surface area contributed by atoms with Crippen molar-refractivity contribution in [2.24, 2.45) is 0 Å². The molecule has 0 saturated carbocycles. The van der Waals surface area contributed by atoms with Gasteiger partial charge in [0.1, 0.15) is 35.9 Å². The van der Waals surface area contributed by atoms with Gasteiger partial charge in [0.15, 0.2) is 0 Å². The van der Waals surface area contributed by atoms with Gasteiger partial charge in [0, 0.05) is 17.2 Å². The third-order valence-corrected chi connectivity index (χ3v) is 4.10. The zero-order valence-corrected chi connectivity index (χ0v) is 12.8. The fourth-order valence-corrected chi connectivity index (χ4v) is 2.71. The molecule has 5 N–H and O–H groups in total. The first-order valence-electron chi connectivity index (χ1n) is 7.44. The molecule has 3 rings (SSSR count). The first-order valence-corrected chi connectivity index (χ1v) is 7.44. The summed E-state index contributed by atoms with van der Waals surface area (Å²) >= 11 is 0. The summed E-state index contributed by atoms with van der Waals surface area (Å²) in [6.45, 7) is -0.602. The smallest absolute Gasteiger partial charge is 0.233 e. The van der Waals surface area contributed by atoms with E-state index in [4.69, 9.17) is 14.6 Å². The van der Waals surface area contributed by atoms with Crippen molar-refractivity contribution in [3.63, 3.8) is 0 Å². The van der Waals surface area contributed by atoms with Crippen LogP contribution in [0.4, 0.5) is 0 Å². The highest BCUT2D eigenvalue weighted by molar-refractivity contribution is 6.50. The number of carbonyl (C=O) groups is 2. The molecular weight excluding hydrogens is 336 g/mol. The molecule has 1 fully saturated rings. The largest absolute Gasteiger partial charge is 0.507 e. The summed E-state index contributed by atoms with van der Waals surface area (Å²) in [7, 11) is 0. The van der Waals surface area contributed by atoms with Gasteiger partial charge in [-0.1, -0.05) is 0 Å². The Labute approximate surface area is 141 Å². The van der Waals surface area contributed by atoms with E-state index in [2.05, 4.69) is 0 Å². The Morgan fingerprint density at radius 1 is 1.04 bits per heavy atom. The monoisotopic (exact) mass is 352 g/mol. The van der Waals surface area contributed by atoms with Crippen LogP contribution < -0.4 is 4.74 Å². The zero-order chi connectivity index (χ0) is 18.3. The highest BCUT2D eigenvalue weighted by atomic mass is 16.7. The van der Waals surface area contributed by atoms with Crippen LogP contribution in [-0.4, -0.2) is 74.4 Å². The van der Waals surface area contributed by atoms with Gasteiger partial charge in [0.05, 0.1) is 6.61 Å². The summed E-state index contributed by atoms with van der Waals surface area (Å²) in [5.74, 6) is -1.94. The predicted octanol–water partition coefficient (Wildman–Crippen LogP) is -1.47. The number of aliphatic hydroxyl groups is 5. The maximum Gasteiger partial charge on any atom is 0.233 e. The van der Waals surface area contributed by atoms with E-state index >= 15 is 0 Å². The van der Waals surface area contributed by atoms with Gasteiger partial charge in [0.2, 0.25) is 17.9 Å². The van der Waals surface area contributed by atoms with Gasteiger partial charge in [-0.05, 0) is 18.2 Å². The van der Waals surface area contributed by atoms with E-state index in [0.717, 1.165) is 6.08 Å². The summed E-state index contributed by atoms with van der Waals surface area (Å²) in [6, 6.07) is 3.87. The Bertz CT molecular complexity index is 739. The molecule has 1 heterocycles. The van der Waals surface area contributed by atoms with Crippen molar-refractivity contribution in [3.8, 4) is 5.75 Å². The second-order valence-corrected chi connectivity index (χ2v) is 5.75. The van der Waals surface area contributed by atoms with Crippen molar-refractivity contribution >= 4 is 17.3 Å². The molecule has 9 heteroatoms. The van der Waals surface area contributed by atoms with Crippen molar-refractivity contribution in [2.45, 2.75) is 30.7 Å². The molecule has 1 saturated heterocycles. The fraction of sp³-hybridized carbons (Fsp3) is 0.375. The van der Waals surface area contributed by atoms with Crippen molar-refractivity contribution in [3.05, 3.63) is 35.4 Å². The first kappa shape index (κ1) is 17.5. The molecule has 5 atom stereocenters. The van der Waals surface area contributed by atoms with Gasteiger partial charge >= 0.3 is 0 Å². The maximum absolute atomic E-state index is 11.8. The van der Waals surface area contributed by atoms with Gasteiger partial charge < -0.3 is 35.0 Å². The van der Waals surface area contributed by atoms with E-state index in [-0.39, 0.29) is 16.9 Å². The van der Waals surface area contributed by atoms with E-state index in [1.165, 1.54) is 18.2 Å². The predicted molar refractivity (Wildman–Crippen MR) is 80.8 cm³/mol. The number of hydrogen-bond donors (Lipinski definition) is 5. The van der Waals surface area contributed by atoms with Crippen LogP contribution in [0.3, 0.4) is 0 Å². The number of carbonyl (C=O) groups excluding carboxylic acids is 2. The molecule has 9 nitrogen and oxygen atoms in total. The number of ketones is 2. The highest BCUT2D eigenvalue weighted by Gasteiger charge is 2.44. The second kappa shape index (κ2) is 6.54. The second-order valence-electron chi connectivity index (χ2n) is 5.75. The van der Waals surface area contributed by atoms with Crippen LogP contribution in [0.15, 0.2) is 24.3 Å². The van der Waals surface area contributed by atoms with E-state index in [9.17, 15) is 30.0 Å². The number of benzene rings is 1. The van der Waals surface area contributed by atoms with E-state index in [1.807, 2.05) is 0 Å². The quantitative estimate of drug-likeness (QED) is 0.410. The molecule has 0 unspecified atom stereocenters. The minimum absolute atomic E-state index is 0.00570. The minimum atomic E-state index is -1.60. The zero-order valence-electron chi connectivity index (χ0n) is 12.8. The normalized spacial score (nSPS) is 32.2. The molecule has 0 bridgehead atoms. The number of hydrogen-bond acceptors (Lipinski definition) is 9. The Balaban J connectivity index is 1.85. The topological polar surface area (TPSA) is 154 Å². The number of allylic oxidation sites excluding steroid dienone is 1. The lowest BCUT2D eigenvalue weighted by Crippen LogP contribution is -2.60. The van der Waals surface area contributed by atoms with Gasteiger partial charge in [-0.2, -0.15) is 0 Å². The number of Topliss-reactive ketones (excluding diaryl/α,β-unsaturated/α-hetero) is 1. The Kier molecular flexibility index (Phi) is 4.58. The van der Waals surface area contributed by atoms with Crippen LogP contribution in [-0.2, 0) is 9.53 Å². The lowest BCUT2D eigenvalue weighted by molar-refractivity contribution is -0.277. The number of ether oxygens (including phenoxy) is 2. The maximum atomic E-state index is 11.8. The number of aliphatic hydroxyl groups excluding tert-OH is 5. The molecule has 2 aliphatic rings. The Hall–Kier alpha value is -2.30. The molecule has 0 amide bonds. The molecule has 1 aromatic carbocycles. The van der Waals surface area contributed by atoms with Gasteiger partial charge in [-0.3, -0.25) is 9.59 Å². The van der Waals surface area contributed by atoms with Gasteiger partial charge in [0.25, 0.3) is 0 Å². The van der Waals surface area contributed by atoms with Crippen molar-refractivity contribution in [1.82, 2.24) is 0 Å². The SMILES string of the molecule is O=C1C=C(O)c2cc(O[C@H]3O[C@H](CO)[C@@H](O)[C@H](O)[C@H]3O)ccc2C1=O. The molecule has 1 aromatic rings. The average Bonchev–Trinajstić information content (AvgIpc) is 2.60. The molecule has 1 aliphatic carbocycles. The lowest BCUT2D eigenvalue weighted by Gasteiger charge is -2.39. The van der Waals surface area contributed by atoms with Crippen LogP contribution in [0.2, 0.25) is 0 Å². The summed E-state index contributed by atoms with van der Waals surface area (Å²) in [4.78, 5) is 23.2. The van der Waals surface area contributed by atoms with E-state index in [1.54, 1.807) is 0 Å². The van der Waals surface area contributed by atoms with Crippen LogP contribution in [0.1, 0.15) is 15.9 Å². The highest BCUT2D eigenvalue weighted by Crippen LogP contribution is 2.30. The molecule has 0 radical (unpaired) electrons. The molecule has 134 valence electrons. The number of rotatable bonds is 3. The molecule has 1 aliphatic heterocycles. The van der Waals surface area contributed by atoms with Crippen molar-refractivity contribution in [2.75, 3.05) is 6.61 Å². The molecule has 0 aromatic heterocycles. The standard InChI is InChI=1S/C16H16O9/c17-5-11-13(21)14(22)15(23)16(25-11)24-6-1-2-7-8(3-6)9(18)4-10(19)12(7)20/h1-4,11,13-18,21-23H,5H2/t11-,13-,14+,15-,16+/m1/s1. The third kappa shape index (κ3) is 3.03. The van der Waals surface area contributed by atoms with Crippen LogP contribution in [0.5, 0.6) is 5.75 Å². The lowest BCUT2D eigenvalue weighted by atomic mass is 9.94. The first-order chi connectivity index (χ1) is 11.8. The summed E-state index contributed by atoms with van der Waals surface area (Å²) in [5, 5.41) is 48.4. The minimum Gasteiger partial charge on any atom is -0.507 e. The van der Waals surface area contributed by atoms with Crippen molar-refractivity contribution < 1.29 is 44.6 Å². The fourth-order valence-electron chi connectivity index (χ4n) is 2.71. The van der Waals surface area contributed by atoms with Gasteiger partial charge in [-0.25, -0.2) is 0 Å². The van der Waals surface area contributed by atoms with Crippen molar-refractivity contribution in [1.29, 1.82) is 0 Å². The van der Waals surface area contributed by atoms with Crippen LogP contribution in [0.25, 0.3) is 5.76 Å². The summed E-state index contributed by atoms with van der Waals surface area (Å²) < 4.78 is 10.6. The van der Waals surface area contributed by atoms with Crippen LogP contribution >= 0.6 is 0 Å². The summed E-state index contributed by atoms with van der Waals surface area (Å²) in [5.41, 5.74) is 0.0813. The Morgan fingerprint density at radius 2 is 1.76 bits per heavy atom. The molecular formula is C16H16O9.